The molecule has 0 N–H and O–H groups in total. The van der Waals surface area contributed by atoms with E-state index < -0.39 is 33.0 Å². The van der Waals surface area contributed by atoms with Crippen molar-refractivity contribution < 1.29 is 22.6 Å². The highest BCUT2D eigenvalue weighted by molar-refractivity contribution is 9.09. The van der Waals surface area contributed by atoms with Crippen molar-refractivity contribution in [3.63, 3.8) is 0 Å². The van der Waals surface area contributed by atoms with Gasteiger partial charge in [-0.1, -0.05) is 27.5 Å². The molecule has 0 heterocycles. The lowest BCUT2D eigenvalue weighted by Crippen LogP contribution is -2.48. The lowest BCUT2D eigenvalue weighted by atomic mass is 10.3. The first kappa shape index (κ1) is 16.5. The van der Waals surface area contributed by atoms with Crippen LogP contribution in [0.4, 0.5) is 23.5 Å². The lowest BCUT2D eigenvalue weighted by molar-refractivity contribution is -0.335. The first-order valence-corrected chi connectivity index (χ1v) is 7.35. The summed E-state index contributed by atoms with van der Waals surface area (Å²) in [6.07, 6.45) is 1.53. The molecule has 0 spiro atoms. The van der Waals surface area contributed by atoms with Gasteiger partial charge in [0, 0.05) is 17.0 Å². The minimum atomic E-state index is -3.68. The number of hydrogen-bond donors (Lipinski definition) is 0. The maximum absolute atomic E-state index is 13.7. The fourth-order valence-electron chi connectivity index (χ4n) is 1.16. The maximum atomic E-state index is 13.7. The summed E-state index contributed by atoms with van der Waals surface area (Å²) < 4.78 is 54.0. The van der Waals surface area contributed by atoms with Gasteiger partial charge in [0.05, 0.1) is 24.5 Å². The fourth-order valence-corrected chi connectivity index (χ4v) is 2.24. The van der Waals surface area contributed by atoms with E-state index in [-0.39, 0.29) is 9.92 Å². The maximum Gasteiger partial charge on any atom is 0.322 e. The third-order valence-electron chi connectivity index (χ3n) is 2.05. The second-order valence-electron chi connectivity index (χ2n) is 3.21. The van der Waals surface area contributed by atoms with Crippen molar-refractivity contribution in [2.24, 2.45) is 0 Å². The molecule has 1 aromatic rings. The highest BCUT2D eigenvalue weighted by atomic mass is 79.9. The van der Waals surface area contributed by atoms with Crippen LogP contribution in [0.5, 0.6) is 0 Å². The zero-order valence-electron chi connectivity index (χ0n) is 9.34. The summed E-state index contributed by atoms with van der Waals surface area (Å²) in [4.78, 5) is 11.1. The molecule has 0 fully saturated rings. The van der Waals surface area contributed by atoms with Crippen molar-refractivity contribution >= 4 is 50.9 Å². The normalized spacial score (nSPS) is 11.5. The van der Waals surface area contributed by atoms with Crippen molar-refractivity contribution in [3.05, 3.63) is 23.0 Å². The molecular formula is C9H7BrClF4N2OS+. The second-order valence-corrected chi connectivity index (χ2v) is 5.03. The molecule has 0 aliphatic heterocycles. The first-order chi connectivity index (χ1) is 8.75. The van der Waals surface area contributed by atoms with Crippen molar-refractivity contribution in [1.82, 2.24) is 10.3 Å². The number of hydrogen-bond acceptors (Lipinski definition) is 2. The number of amides is 1. The van der Waals surface area contributed by atoms with E-state index in [1.165, 1.54) is 6.26 Å². The summed E-state index contributed by atoms with van der Waals surface area (Å²) in [5.41, 5.74) is -1.31. The van der Waals surface area contributed by atoms with Gasteiger partial charge in [-0.05, 0) is 10.7 Å². The lowest BCUT2D eigenvalue weighted by Gasteiger charge is -2.17. The van der Waals surface area contributed by atoms with E-state index in [1.54, 1.807) is 0 Å². The van der Waals surface area contributed by atoms with Crippen LogP contribution in [0.2, 0.25) is 5.02 Å². The Morgan fingerprint density at radius 2 is 2.11 bits per heavy atom. The van der Waals surface area contributed by atoms with Gasteiger partial charge in [-0.15, -0.1) is 11.8 Å². The Morgan fingerprint density at radius 1 is 1.53 bits per heavy atom. The molecule has 0 aliphatic carbocycles. The number of alkyl halides is 1. The number of benzene rings is 1. The monoisotopic (exact) mass is 381 g/mol. The summed E-state index contributed by atoms with van der Waals surface area (Å²) >= 11 is 9.15. The zero-order valence-corrected chi connectivity index (χ0v) is 12.5. The Balaban J connectivity index is 3.31. The minimum absolute atomic E-state index is 0.0778. The van der Waals surface area contributed by atoms with E-state index in [2.05, 4.69) is 15.9 Å². The van der Waals surface area contributed by atoms with Gasteiger partial charge in [-0.25, -0.2) is 0 Å². The highest BCUT2D eigenvalue weighted by Gasteiger charge is 2.50. The predicted molar refractivity (Wildman–Crippen MR) is 68.9 cm³/mol. The van der Waals surface area contributed by atoms with Crippen molar-refractivity contribution in [2.45, 2.75) is 4.90 Å². The molecule has 1 aromatic carbocycles. The molecule has 0 unspecified atom stereocenters. The Morgan fingerprint density at radius 3 is 2.58 bits per heavy atom. The Kier molecular flexibility index (Phi) is 5.48. The highest BCUT2D eigenvalue weighted by Crippen LogP contribution is 2.37. The fraction of sp³-hybridized carbons (Fsp3) is 0.222. The summed E-state index contributed by atoms with van der Waals surface area (Å²) in [6, 6.07) is 1.33. The average Bonchev–Trinajstić information content (AvgIpc) is 2.36. The summed E-state index contributed by atoms with van der Waals surface area (Å²) in [5, 5.41) is -5.79. The third-order valence-corrected chi connectivity index (χ3v) is 3.73. The molecule has 0 saturated carbocycles. The molecular weight excluding hydrogens is 376 g/mol. The molecule has 1 rings (SSSR count). The average molecular weight is 383 g/mol. The topological polar surface area (TPSA) is 20.3 Å². The largest absolute Gasteiger partial charge is 0.322 e. The summed E-state index contributed by atoms with van der Waals surface area (Å²) in [5.74, 6) is -2.97. The van der Waals surface area contributed by atoms with Crippen molar-refractivity contribution in [3.8, 4) is 0 Å². The Labute approximate surface area is 123 Å². The van der Waals surface area contributed by atoms with Crippen LogP contribution in [-0.2, 0) is 4.79 Å². The standard InChI is InChI=1S/C9H7BrClF4N2OS/c1-19-8-3-7(6(12)2-5(8)11)17(14,15)16(13)9(18)4-10/h2-3H,4H2,1H3/q+1. The van der Waals surface area contributed by atoms with Crippen LogP contribution < -0.4 is 5.04 Å². The van der Waals surface area contributed by atoms with Crippen LogP contribution in [0.15, 0.2) is 17.0 Å². The molecule has 0 atom stereocenters. The van der Waals surface area contributed by atoms with Gasteiger partial charge < -0.3 is 0 Å². The molecule has 0 radical (unpaired) electrons. The number of nitrogens with zero attached hydrogens (tertiary/aromatic N) is 2. The Hall–Kier alpha value is -0.510. The van der Waals surface area contributed by atoms with Crippen LogP contribution in [0, 0.1) is 5.82 Å². The number of halogens is 6. The van der Waals surface area contributed by atoms with Gasteiger partial charge in [0.1, 0.15) is 0 Å². The molecule has 0 bridgehead atoms. The Bertz CT molecular complexity index is 505. The van der Waals surface area contributed by atoms with Crippen molar-refractivity contribution in [2.75, 3.05) is 11.6 Å². The van der Waals surface area contributed by atoms with Crippen LogP contribution in [0.1, 0.15) is 0 Å². The van der Waals surface area contributed by atoms with E-state index in [9.17, 15) is 22.6 Å². The van der Waals surface area contributed by atoms with Crippen LogP contribution in [-0.4, -0.2) is 22.7 Å². The molecule has 10 heteroatoms. The van der Waals surface area contributed by atoms with Crippen LogP contribution in [0.25, 0.3) is 0 Å². The van der Waals surface area contributed by atoms with Gasteiger partial charge in [-0.3, -0.25) is 4.79 Å². The van der Waals surface area contributed by atoms with Crippen LogP contribution in [0.3, 0.4) is 0 Å². The van der Waals surface area contributed by atoms with Gasteiger partial charge in [0.25, 0.3) is 5.69 Å². The van der Waals surface area contributed by atoms with E-state index >= 15 is 0 Å². The molecule has 106 valence electrons. The molecule has 1 amide bonds. The number of thioether (sulfide) groups is 1. The zero-order chi connectivity index (χ0) is 14.8. The number of carbonyl (C=O) groups excluding carboxylic acids is 1. The van der Waals surface area contributed by atoms with E-state index in [4.69, 9.17) is 11.6 Å². The van der Waals surface area contributed by atoms with Gasteiger partial charge in [0.2, 0.25) is 5.04 Å². The second kappa shape index (κ2) is 6.29. The van der Waals surface area contributed by atoms with Gasteiger partial charge in [0.15, 0.2) is 5.82 Å². The number of carbonyl (C=O) groups is 1. The van der Waals surface area contributed by atoms with Crippen molar-refractivity contribution in [1.29, 1.82) is 0 Å². The first-order valence-electron chi connectivity index (χ1n) is 4.62. The molecule has 0 aromatic heterocycles. The number of quaternary nitrogens is 1. The minimum Gasteiger partial charge on any atom is -0.265 e. The predicted octanol–water partition coefficient (Wildman–Crippen LogP) is 4.30. The van der Waals surface area contributed by atoms with Gasteiger partial charge >= 0.3 is 5.91 Å². The SMILES string of the molecule is CSc1cc([N+](F)(F)N(F)C(=O)CBr)c(F)cc1Cl. The molecule has 3 nitrogen and oxygen atoms in total. The smallest absolute Gasteiger partial charge is 0.265 e. The van der Waals surface area contributed by atoms with Gasteiger partial charge in [-0.2, -0.15) is 4.39 Å². The molecule has 0 aliphatic rings. The summed E-state index contributed by atoms with van der Waals surface area (Å²) in [7, 11) is 0. The molecule has 19 heavy (non-hydrogen) atoms. The van der Waals surface area contributed by atoms with E-state index in [0.29, 0.717) is 12.1 Å². The van der Waals surface area contributed by atoms with Crippen LogP contribution >= 0.6 is 39.3 Å². The van der Waals surface area contributed by atoms with E-state index in [1.807, 2.05) is 0 Å². The number of rotatable bonds is 4. The van der Waals surface area contributed by atoms with E-state index in [0.717, 1.165) is 11.8 Å². The summed E-state index contributed by atoms with van der Waals surface area (Å²) in [6.45, 7) is 0. The quantitative estimate of drug-likeness (QED) is 0.254. The molecule has 0 saturated heterocycles. The third kappa shape index (κ3) is 3.33.